The van der Waals surface area contributed by atoms with E-state index in [1.807, 2.05) is 21.1 Å². The number of phosphoric ester groups is 1. The summed E-state index contributed by atoms with van der Waals surface area (Å²) in [7, 11) is 1.62. The average molecular weight is 1040 g/mol. The van der Waals surface area contributed by atoms with Gasteiger partial charge in [-0.15, -0.1) is 0 Å². The van der Waals surface area contributed by atoms with Crippen LogP contribution in [-0.4, -0.2) is 73.4 Å². The summed E-state index contributed by atoms with van der Waals surface area (Å²) in [5.74, 6) is -0.144. The second-order valence-corrected chi connectivity index (χ2v) is 23.5. The van der Waals surface area contributed by atoms with Gasteiger partial charge in [0.25, 0.3) is 0 Å². The smallest absolute Gasteiger partial charge is 0.391 e. The second kappa shape index (κ2) is 54.7. The van der Waals surface area contributed by atoms with Crippen LogP contribution in [-0.2, 0) is 18.4 Å². The van der Waals surface area contributed by atoms with Gasteiger partial charge in [0, 0.05) is 6.42 Å². The predicted molar refractivity (Wildman–Crippen MR) is 318 cm³/mol. The van der Waals surface area contributed by atoms with Gasteiger partial charge in [0.15, 0.2) is 0 Å². The average Bonchev–Trinajstić information content (AvgIpc) is 3.35. The Hall–Kier alpha value is -2.06. The van der Waals surface area contributed by atoms with E-state index in [9.17, 15) is 19.4 Å². The molecule has 1 amide bonds. The largest absolute Gasteiger partial charge is 0.472 e. The molecule has 0 heterocycles. The van der Waals surface area contributed by atoms with Crippen molar-refractivity contribution < 1.29 is 32.9 Å². The number of nitrogens with zero attached hydrogens (tertiary/aromatic N) is 1. The van der Waals surface area contributed by atoms with E-state index in [1.54, 1.807) is 0 Å². The molecule has 0 radical (unpaired) electrons. The van der Waals surface area contributed by atoms with E-state index in [0.29, 0.717) is 23.9 Å². The van der Waals surface area contributed by atoms with Crippen LogP contribution in [0, 0.1) is 0 Å². The van der Waals surface area contributed by atoms with Crippen molar-refractivity contribution in [3.63, 3.8) is 0 Å². The minimum atomic E-state index is -4.33. The zero-order chi connectivity index (χ0) is 53.5. The minimum absolute atomic E-state index is 0.0733. The number of likely N-dealkylation sites (N-methyl/N-ethyl adjacent to an activating group) is 1. The molecule has 0 aromatic carbocycles. The Balaban J connectivity index is 4.08. The van der Waals surface area contributed by atoms with Crippen LogP contribution in [0.15, 0.2) is 72.9 Å². The molecule has 0 rings (SSSR count). The third-order valence-electron chi connectivity index (χ3n) is 13.7. The van der Waals surface area contributed by atoms with E-state index in [4.69, 9.17) is 9.05 Å². The SMILES string of the molecule is CC/C=C\C/C=C\C/C=C\C/C=C\C/C=C\C/C=C\CCCCCCCCCCCCCCCCC(=O)NC(COP(=O)(O)OCC[N+](C)(C)C)C(O)CCCCCCCCCCCCCCCCCCCC. The van der Waals surface area contributed by atoms with Gasteiger partial charge in [0.1, 0.15) is 13.2 Å². The summed E-state index contributed by atoms with van der Waals surface area (Å²) in [6.45, 7) is 4.80. The van der Waals surface area contributed by atoms with Crippen LogP contribution >= 0.6 is 7.82 Å². The summed E-state index contributed by atoms with van der Waals surface area (Å²) in [6, 6.07) is -0.764. The molecule has 8 nitrogen and oxygen atoms in total. The lowest BCUT2D eigenvalue weighted by molar-refractivity contribution is -0.870. The molecule has 0 aliphatic rings. The Morgan fingerprint density at radius 3 is 1.21 bits per heavy atom. The summed E-state index contributed by atoms with van der Waals surface area (Å²) < 4.78 is 23.8. The molecule has 3 unspecified atom stereocenters. The number of carbonyl (C=O) groups is 1. The number of aliphatic hydroxyl groups excluding tert-OH is 1. The van der Waals surface area contributed by atoms with Crippen molar-refractivity contribution in [1.29, 1.82) is 0 Å². The van der Waals surface area contributed by atoms with Gasteiger partial charge in [-0.2, -0.15) is 0 Å². The quantitative estimate of drug-likeness (QED) is 0.0243. The molecule has 0 aromatic rings. The molecule has 0 aliphatic heterocycles. The van der Waals surface area contributed by atoms with Crippen molar-refractivity contribution in [2.24, 2.45) is 0 Å². The number of carbonyl (C=O) groups excluding carboxylic acids is 1. The van der Waals surface area contributed by atoms with Gasteiger partial charge < -0.3 is 19.8 Å². The number of nitrogens with one attached hydrogen (secondary N) is 1. The normalized spacial score (nSPS) is 14.3. The van der Waals surface area contributed by atoms with Gasteiger partial charge in [-0.3, -0.25) is 13.8 Å². The first-order valence-corrected chi connectivity index (χ1v) is 32.3. The first-order valence-electron chi connectivity index (χ1n) is 30.8. The number of allylic oxidation sites excluding steroid dienone is 12. The Morgan fingerprint density at radius 1 is 0.479 bits per heavy atom. The second-order valence-electron chi connectivity index (χ2n) is 22.1. The number of phosphoric acid groups is 1. The minimum Gasteiger partial charge on any atom is -0.391 e. The molecule has 9 heteroatoms. The van der Waals surface area contributed by atoms with Crippen LogP contribution in [0.4, 0.5) is 0 Å². The summed E-state index contributed by atoms with van der Waals surface area (Å²) >= 11 is 0. The van der Waals surface area contributed by atoms with E-state index in [2.05, 4.69) is 92.1 Å². The number of unbranched alkanes of at least 4 members (excludes halogenated alkanes) is 31. The number of amides is 1. The van der Waals surface area contributed by atoms with Crippen molar-refractivity contribution in [2.45, 2.75) is 289 Å². The highest BCUT2D eigenvalue weighted by atomic mass is 31.2. The lowest BCUT2D eigenvalue weighted by Crippen LogP contribution is -2.46. The van der Waals surface area contributed by atoms with Crippen LogP contribution in [0.5, 0.6) is 0 Å². The van der Waals surface area contributed by atoms with Gasteiger partial charge in [-0.05, 0) is 64.2 Å². The Morgan fingerprint density at radius 2 is 0.822 bits per heavy atom. The fourth-order valence-corrected chi connectivity index (χ4v) is 9.67. The topological polar surface area (TPSA) is 105 Å². The van der Waals surface area contributed by atoms with E-state index in [0.717, 1.165) is 77.0 Å². The number of hydrogen-bond donors (Lipinski definition) is 3. The summed E-state index contributed by atoms with van der Waals surface area (Å²) in [5, 5.41) is 14.1. The first kappa shape index (κ1) is 70.9. The molecule has 0 saturated carbocycles. The lowest BCUT2D eigenvalue weighted by Gasteiger charge is -2.26. The van der Waals surface area contributed by atoms with Gasteiger partial charge >= 0.3 is 7.82 Å². The van der Waals surface area contributed by atoms with Gasteiger partial charge in [0.2, 0.25) is 5.91 Å². The predicted octanol–water partition coefficient (Wildman–Crippen LogP) is 19.0. The molecular formula is C64H120N2O6P+. The summed E-state index contributed by atoms with van der Waals surface area (Å²) in [5.41, 5.74) is 0. The fourth-order valence-electron chi connectivity index (χ4n) is 8.93. The molecule has 0 aliphatic carbocycles. The molecule has 426 valence electrons. The van der Waals surface area contributed by atoms with Crippen molar-refractivity contribution in [1.82, 2.24) is 5.32 Å². The molecule has 0 bridgehead atoms. The molecular weight excluding hydrogens is 924 g/mol. The van der Waals surface area contributed by atoms with Crippen LogP contribution in [0.25, 0.3) is 0 Å². The Bertz CT molecular complexity index is 1420. The van der Waals surface area contributed by atoms with Crippen molar-refractivity contribution in [3.05, 3.63) is 72.9 Å². The monoisotopic (exact) mass is 1040 g/mol. The number of hydrogen-bond acceptors (Lipinski definition) is 5. The first-order chi connectivity index (χ1) is 35.5. The molecule has 0 saturated heterocycles. The fraction of sp³-hybridized carbons (Fsp3) is 0.797. The molecule has 73 heavy (non-hydrogen) atoms. The van der Waals surface area contributed by atoms with E-state index in [1.165, 1.54) is 173 Å². The molecule has 3 N–H and O–H groups in total. The maximum absolute atomic E-state index is 13.0. The number of aliphatic hydroxyl groups is 1. The zero-order valence-electron chi connectivity index (χ0n) is 48.6. The molecule has 0 fully saturated rings. The van der Waals surface area contributed by atoms with Gasteiger partial charge in [-0.1, -0.05) is 279 Å². The Labute approximate surface area is 453 Å². The molecule has 0 spiro atoms. The van der Waals surface area contributed by atoms with E-state index < -0.39 is 20.0 Å². The highest BCUT2D eigenvalue weighted by Gasteiger charge is 2.28. The third kappa shape index (κ3) is 57.5. The van der Waals surface area contributed by atoms with Crippen molar-refractivity contribution >= 4 is 13.7 Å². The highest BCUT2D eigenvalue weighted by Crippen LogP contribution is 2.43. The number of rotatable bonds is 56. The molecule has 0 aromatic heterocycles. The van der Waals surface area contributed by atoms with Crippen LogP contribution in [0.1, 0.15) is 277 Å². The van der Waals surface area contributed by atoms with E-state index >= 15 is 0 Å². The standard InChI is InChI=1S/C64H119N2O6P/c1-6-8-10-12-14-16-18-20-22-24-26-27-28-29-30-31-32-33-34-35-36-37-38-39-40-42-44-46-48-50-52-54-56-58-64(68)65-62(61-72-73(69,70)71-60-59-66(3,4)5)63(67)57-55-53-51-49-47-45-43-41-25-23-21-19-17-15-13-11-9-7-2/h8,10,14,16,20,22,26-27,29-30,32-33,62-63,67H,6-7,9,11-13,15,17-19,21,23-25,28,31,34-61H2,1-5H3,(H-,65,68,69,70)/p+1/b10-8-,16-14-,22-20-,27-26-,30-29-,33-32-. The van der Waals surface area contributed by atoms with Gasteiger partial charge in [-0.25, -0.2) is 4.57 Å². The van der Waals surface area contributed by atoms with Crippen LogP contribution < -0.4 is 5.32 Å². The van der Waals surface area contributed by atoms with Crippen LogP contribution in [0.3, 0.4) is 0 Å². The lowest BCUT2D eigenvalue weighted by atomic mass is 10.0. The summed E-state index contributed by atoms with van der Waals surface area (Å²) in [4.78, 5) is 23.4. The number of quaternary nitrogens is 1. The van der Waals surface area contributed by atoms with E-state index in [-0.39, 0.29) is 19.1 Å². The third-order valence-corrected chi connectivity index (χ3v) is 14.7. The Kier molecular flexibility index (Phi) is 53.2. The summed E-state index contributed by atoms with van der Waals surface area (Å²) in [6.07, 6.45) is 75.4. The molecule has 3 atom stereocenters. The van der Waals surface area contributed by atoms with Crippen LogP contribution in [0.2, 0.25) is 0 Å². The maximum atomic E-state index is 13.0. The maximum Gasteiger partial charge on any atom is 0.472 e. The zero-order valence-corrected chi connectivity index (χ0v) is 49.5. The van der Waals surface area contributed by atoms with Gasteiger partial charge in [0.05, 0.1) is 39.9 Å². The van der Waals surface area contributed by atoms with Crippen molar-refractivity contribution in [2.75, 3.05) is 40.9 Å². The van der Waals surface area contributed by atoms with Crippen molar-refractivity contribution in [3.8, 4) is 0 Å². The highest BCUT2D eigenvalue weighted by molar-refractivity contribution is 7.47.